The van der Waals surface area contributed by atoms with E-state index in [0.717, 1.165) is 35.8 Å². The van der Waals surface area contributed by atoms with Crippen LogP contribution in [0.25, 0.3) is 0 Å². The third-order valence-corrected chi connectivity index (χ3v) is 4.66. The number of hydrogen-bond acceptors (Lipinski definition) is 3. The van der Waals surface area contributed by atoms with Gasteiger partial charge in [0.1, 0.15) is 5.75 Å². The third kappa shape index (κ3) is 7.43. The fourth-order valence-electron chi connectivity index (χ4n) is 2.86. The average Bonchev–Trinajstić information content (AvgIpc) is 2.76. The lowest BCUT2D eigenvalue weighted by atomic mass is 10.1. The first-order valence-corrected chi connectivity index (χ1v) is 10.7. The summed E-state index contributed by atoms with van der Waals surface area (Å²) in [6.45, 7) is 10.6. The molecule has 0 aromatic heterocycles. The van der Waals surface area contributed by atoms with Crippen molar-refractivity contribution in [2.24, 2.45) is 4.99 Å². The average molecular weight is 411 g/mol. The Morgan fingerprint density at radius 3 is 2.60 bits per heavy atom. The lowest BCUT2D eigenvalue weighted by Gasteiger charge is -2.14. The van der Waals surface area contributed by atoms with E-state index < -0.39 is 0 Å². The van der Waals surface area contributed by atoms with Gasteiger partial charge >= 0.3 is 0 Å². The van der Waals surface area contributed by atoms with Gasteiger partial charge in [-0.15, -0.1) is 0 Å². The molecule has 2 rings (SSSR count). The quantitative estimate of drug-likeness (QED) is 0.411. The summed E-state index contributed by atoms with van der Waals surface area (Å²) < 4.78 is 5.69. The summed E-state index contributed by atoms with van der Waals surface area (Å²) in [5, 5.41) is 9.62. The molecular weight excluding hydrogens is 376 g/mol. The number of nitrogens with one attached hydrogen (secondary N) is 3. The normalized spacial score (nSPS) is 12.2. The molecular formula is C24H34N4O2. The Morgan fingerprint density at radius 1 is 1.07 bits per heavy atom. The highest BCUT2D eigenvalue weighted by Gasteiger charge is 2.09. The Hall–Kier alpha value is -3.02. The first kappa shape index (κ1) is 23.3. The van der Waals surface area contributed by atoms with E-state index in [-0.39, 0.29) is 11.9 Å². The van der Waals surface area contributed by atoms with Crippen LogP contribution in [-0.2, 0) is 13.1 Å². The smallest absolute Gasteiger partial charge is 0.251 e. The molecule has 0 heterocycles. The number of hydrogen-bond donors (Lipinski definition) is 3. The third-order valence-electron chi connectivity index (χ3n) is 4.66. The van der Waals surface area contributed by atoms with Gasteiger partial charge in [-0.05, 0) is 51.0 Å². The number of ether oxygens (including phenoxy) is 1. The summed E-state index contributed by atoms with van der Waals surface area (Å²) in [4.78, 5) is 17.0. The number of para-hydroxylation sites is 1. The van der Waals surface area contributed by atoms with Crippen LogP contribution in [0.2, 0.25) is 0 Å². The first-order chi connectivity index (χ1) is 14.6. The molecule has 0 spiro atoms. The van der Waals surface area contributed by atoms with Crippen molar-refractivity contribution in [3.05, 3.63) is 65.2 Å². The number of amides is 1. The van der Waals surface area contributed by atoms with Gasteiger partial charge < -0.3 is 20.7 Å². The molecule has 0 bridgehead atoms. The maximum atomic E-state index is 12.4. The van der Waals surface area contributed by atoms with Crippen LogP contribution in [0.4, 0.5) is 0 Å². The van der Waals surface area contributed by atoms with Crippen LogP contribution in [0.1, 0.15) is 55.6 Å². The molecule has 0 aliphatic carbocycles. The van der Waals surface area contributed by atoms with Crippen LogP contribution in [0.3, 0.4) is 0 Å². The van der Waals surface area contributed by atoms with Crippen molar-refractivity contribution in [3.8, 4) is 5.75 Å². The Labute approximate surface area is 180 Å². The van der Waals surface area contributed by atoms with Crippen LogP contribution in [0, 0.1) is 0 Å². The highest BCUT2D eigenvalue weighted by atomic mass is 16.5. The van der Waals surface area contributed by atoms with Crippen molar-refractivity contribution in [2.75, 3.05) is 13.2 Å². The summed E-state index contributed by atoms with van der Waals surface area (Å²) >= 11 is 0. The maximum Gasteiger partial charge on any atom is 0.251 e. The molecule has 2 aromatic carbocycles. The predicted molar refractivity (Wildman–Crippen MR) is 123 cm³/mol. The van der Waals surface area contributed by atoms with Crippen molar-refractivity contribution in [3.63, 3.8) is 0 Å². The summed E-state index contributed by atoms with van der Waals surface area (Å²) in [6, 6.07) is 15.8. The number of guanidine groups is 1. The van der Waals surface area contributed by atoms with Gasteiger partial charge in [0.15, 0.2) is 5.96 Å². The minimum absolute atomic E-state index is 0.0484. The van der Waals surface area contributed by atoms with E-state index in [0.29, 0.717) is 25.3 Å². The minimum atomic E-state index is -0.0484. The zero-order valence-corrected chi connectivity index (χ0v) is 18.5. The maximum absolute atomic E-state index is 12.4. The van der Waals surface area contributed by atoms with Crippen molar-refractivity contribution in [2.45, 2.75) is 53.2 Å². The molecule has 6 nitrogen and oxygen atoms in total. The Balaban J connectivity index is 2.04. The molecule has 1 unspecified atom stereocenters. The number of benzene rings is 2. The number of carbonyl (C=O) groups is 1. The fraction of sp³-hybridized carbons (Fsp3) is 0.417. The van der Waals surface area contributed by atoms with Crippen LogP contribution < -0.4 is 20.7 Å². The molecule has 0 aliphatic heterocycles. The molecule has 162 valence electrons. The van der Waals surface area contributed by atoms with E-state index in [1.54, 1.807) is 0 Å². The van der Waals surface area contributed by atoms with Gasteiger partial charge in [-0.2, -0.15) is 0 Å². The van der Waals surface area contributed by atoms with Crippen LogP contribution in [-0.4, -0.2) is 31.1 Å². The van der Waals surface area contributed by atoms with E-state index in [2.05, 4.69) is 27.9 Å². The number of aliphatic imine (C=N–C) groups is 1. The Kier molecular flexibility index (Phi) is 9.71. The van der Waals surface area contributed by atoms with E-state index in [4.69, 9.17) is 4.74 Å². The molecule has 0 fully saturated rings. The summed E-state index contributed by atoms with van der Waals surface area (Å²) in [5.41, 5.74) is 2.72. The molecule has 2 aromatic rings. The summed E-state index contributed by atoms with van der Waals surface area (Å²) in [5.74, 6) is 1.55. The van der Waals surface area contributed by atoms with Gasteiger partial charge in [-0.3, -0.25) is 4.79 Å². The lowest BCUT2D eigenvalue weighted by molar-refractivity contribution is 0.0939. The SMILES string of the molecule is CCNC(=NCc1cccc(C(=O)NC(C)CC)c1)NCc1ccccc1OCC. The Morgan fingerprint density at radius 2 is 1.87 bits per heavy atom. The second-order valence-corrected chi connectivity index (χ2v) is 7.07. The topological polar surface area (TPSA) is 74.8 Å². The minimum Gasteiger partial charge on any atom is -0.494 e. The molecule has 0 saturated carbocycles. The second-order valence-electron chi connectivity index (χ2n) is 7.07. The van der Waals surface area contributed by atoms with Gasteiger partial charge in [0, 0.05) is 30.3 Å². The van der Waals surface area contributed by atoms with Gasteiger partial charge in [-0.1, -0.05) is 37.3 Å². The first-order valence-electron chi connectivity index (χ1n) is 10.7. The van der Waals surface area contributed by atoms with E-state index in [1.165, 1.54) is 0 Å². The predicted octanol–water partition coefficient (Wildman–Crippen LogP) is 3.87. The van der Waals surface area contributed by atoms with Crippen LogP contribution >= 0.6 is 0 Å². The zero-order chi connectivity index (χ0) is 21.8. The van der Waals surface area contributed by atoms with Crippen LogP contribution in [0.15, 0.2) is 53.5 Å². The molecule has 30 heavy (non-hydrogen) atoms. The summed E-state index contributed by atoms with van der Waals surface area (Å²) in [6.07, 6.45) is 0.903. The van der Waals surface area contributed by atoms with Gasteiger partial charge in [0.2, 0.25) is 0 Å². The molecule has 1 atom stereocenters. The number of carbonyl (C=O) groups excluding carboxylic acids is 1. The van der Waals surface area contributed by atoms with Crippen molar-refractivity contribution < 1.29 is 9.53 Å². The van der Waals surface area contributed by atoms with Gasteiger partial charge in [0.05, 0.1) is 13.2 Å². The lowest BCUT2D eigenvalue weighted by Crippen LogP contribution is -2.36. The number of nitrogens with zero attached hydrogens (tertiary/aromatic N) is 1. The standard InChI is InChI=1S/C24H34N4O2/c1-5-18(4)28-23(29)20-13-10-11-19(15-20)16-26-24(25-6-2)27-17-21-12-8-9-14-22(21)30-7-3/h8-15,18H,5-7,16-17H2,1-4H3,(H,28,29)(H2,25,26,27). The molecule has 0 aliphatic rings. The van der Waals surface area contributed by atoms with Crippen molar-refractivity contribution in [1.82, 2.24) is 16.0 Å². The fourth-order valence-corrected chi connectivity index (χ4v) is 2.86. The van der Waals surface area contributed by atoms with Gasteiger partial charge in [-0.25, -0.2) is 4.99 Å². The Bertz CT molecular complexity index is 835. The molecule has 6 heteroatoms. The summed E-state index contributed by atoms with van der Waals surface area (Å²) in [7, 11) is 0. The molecule has 0 radical (unpaired) electrons. The van der Waals surface area contributed by atoms with E-state index in [9.17, 15) is 4.79 Å². The highest BCUT2D eigenvalue weighted by molar-refractivity contribution is 5.94. The molecule has 0 saturated heterocycles. The van der Waals surface area contributed by atoms with Crippen molar-refractivity contribution in [1.29, 1.82) is 0 Å². The van der Waals surface area contributed by atoms with Gasteiger partial charge in [0.25, 0.3) is 5.91 Å². The highest BCUT2D eigenvalue weighted by Crippen LogP contribution is 2.17. The zero-order valence-electron chi connectivity index (χ0n) is 18.5. The number of rotatable bonds is 10. The van der Waals surface area contributed by atoms with E-state index >= 15 is 0 Å². The van der Waals surface area contributed by atoms with Crippen LogP contribution in [0.5, 0.6) is 5.75 Å². The monoisotopic (exact) mass is 410 g/mol. The van der Waals surface area contributed by atoms with Crippen molar-refractivity contribution >= 4 is 11.9 Å². The molecule has 1 amide bonds. The largest absolute Gasteiger partial charge is 0.494 e. The molecule has 3 N–H and O–H groups in total. The second kappa shape index (κ2) is 12.5. The van der Waals surface area contributed by atoms with E-state index in [1.807, 2.05) is 69.3 Å².